The van der Waals surface area contributed by atoms with Crippen LogP contribution in [0.1, 0.15) is 36.0 Å². The first kappa shape index (κ1) is 12.3. The fourth-order valence-corrected chi connectivity index (χ4v) is 2.54. The molecule has 0 unspecified atom stereocenters. The monoisotopic (exact) mass is 261 g/mol. The number of fused-ring (bicyclic) bond motifs is 1. The first-order valence-corrected chi connectivity index (χ1v) is 7.00. The van der Waals surface area contributed by atoms with Crippen molar-refractivity contribution in [2.45, 2.75) is 25.7 Å². The molecule has 2 aliphatic rings. The van der Waals surface area contributed by atoms with Gasteiger partial charge in [0.25, 0.3) is 5.91 Å². The molecule has 0 aliphatic carbocycles. The minimum absolute atomic E-state index is 0.0721. The van der Waals surface area contributed by atoms with Crippen LogP contribution in [0.5, 0.6) is 5.75 Å². The fraction of sp³-hybridized carbons (Fsp3) is 0.571. The van der Waals surface area contributed by atoms with Gasteiger partial charge in [-0.3, -0.25) is 4.79 Å². The minimum Gasteiger partial charge on any atom is -0.490 e. The average molecular weight is 261 g/mol. The third-order valence-corrected chi connectivity index (χ3v) is 3.61. The van der Waals surface area contributed by atoms with E-state index in [-0.39, 0.29) is 5.91 Å². The van der Waals surface area contributed by atoms with Crippen molar-refractivity contribution in [2.24, 2.45) is 0 Å². The zero-order valence-corrected chi connectivity index (χ0v) is 11.0. The summed E-state index contributed by atoms with van der Waals surface area (Å²) in [6.45, 7) is 3.24. The summed E-state index contributed by atoms with van der Waals surface area (Å²) in [5.74, 6) is 1.51. The molecule has 1 amide bonds. The number of carbonyl (C=O) groups is 1. The van der Waals surface area contributed by atoms with Gasteiger partial charge in [0.05, 0.1) is 12.2 Å². The summed E-state index contributed by atoms with van der Waals surface area (Å²) in [7, 11) is 0. The lowest BCUT2D eigenvalue weighted by Gasteiger charge is -2.26. The number of piperidine rings is 1. The van der Waals surface area contributed by atoms with Crippen LogP contribution in [0.4, 0.5) is 5.82 Å². The Morgan fingerprint density at radius 3 is 2.95 bits per heavy atom. The predicted octanol–water partition coefficient (Wildman–Crippen LogP) is 1.90. The Labute approximate surface area is 113 Å². The highest BCUT2D eigenvalue weighted by atomic mass is 16.5. The van der Waals surface area contributed by atoms with E-state index in [1.165, 1.54) is 6.42 Å². The maximum Gasteiger partial charge on any atom is 0.255 e. The summed E-state index contributed by atoms with van der Waals surface area (Å²) in [6, 6.07) is 1.82. The van der Waals surface area contributed by atoms with Crippen LogP contribution < -0.4 is 10.1 Å². The molecule has 0 radical (unpaired) electrons. The van der Waals surface area contributed by atoms with Crippen molar-refractivity contribution in [2.75, 3.05) is 31.6 Å². The van der Waals surface area contributed by atoms with Crippen molar-refractivity contribution in [3.8, 4) is 5.75 Å². The number of amides is 1. The summed E-state index contributed by atoms with van der Waals surface area (Å²) in [5, 5.41) is 3.21. The molecule has 1 N–H and O–H groups in total. The second kappa shape index (κ2) is 5.47. The van der Waals surface area contributed by atoms with E-state index < -0.39 is 0 Å². The van der Waals surface area contributed by atoms with Gasteiger partial charge < -0.3 is 15.0 Å². The van der Waals surface area contributed by atoms with Crippen LogP contribution in [-0.4, -0.2) is 42.0 Å². The maximum atomic E-state index is 12.4. The van der Waals surface area contributed by atoms with Gasteiger partial charge in [0.15, 0.2) is 11.6 Å². The van der Waals surface area contributed by atoms with Gasteiger partial charge in [0.1, 0.15) is 0 Å². The van der Waals surface area contributed by atoms with E-state index in [9.17, 15) is 4.79 Å². The van der Waals surface area contributed by atoms with E-state index in [0.717, 1.165) is 44.7 Å². The lowest BCUT2D eigenvalue weighted by molar-refractivity contribution is 0.0723. The normalized spacial score (nSPS) is 18.8. The van der Waals surface area contributed by atoms with Crippen LogP contribution >= 0.6 is 0 Å². The molecule has 102 valence electrons. The maximum absolute atomic E-state index is 12.4. The van der Waals surface area contributed by atoms with Crippen LogP contribution in [0.3, 0.4) is 0 Å². The van der Waals surface area contributed by atoms with E-state index in [0.29, 0.717) is 17.9 Å². The Kier molecular flexibility index (Phi) is 3.53. The van der Waals surface area contributed by atoms with E-state index in [2.05, 4.69) is 10.3 Å². The van der Waals surface area contributed by atoms with E-state index in [4.69, 9.17) is 4.74 Å². The first-order chi connectivity index (χ1) is 9.34. The van der Waals surface area contributed by atoms with E-state index >= 15 is 0 Å². The third kappa shape index (κ3) is 2.64. The smallest absolute Gasteiger partial charge is 0.255 e. The predicted molar refractivity (Wildman–Crippen MR) is 72.6 cm³/mol. The summed E-state index contributed by atoms with van der Waals surface area (Å²) in [5.41, 5.74) is 0.629. The molecular formula is C14H19N3O2. The molecule has 1 saturated heterocycles. The fourth-order valence-electron chi connectivity index (χ4n) is 2.54. The van der Waals surface area contributed by atoms with Crippen molar-refractivity contribution in [1.82, 2.24) is 9.88 Å². The zero-order valence-electron chi connectivity index (χ0n) is 11.0. The van der Waals surface area contributed by atoms with Crippen LogP contribution in [0.15, 0.2) is 12.3 Å². The first-order valence-electron chi connectivity index (χ1n) is 7.00. The van der Waals surface area contributed by atoms with Crippen LogP contribution in [0, 0.1) is 0 Å². The molecular weight excluding hydrogens is 242 g/mol. The van der Waals surface area contributed by atoms with Gasteiger partial charge in [-0.1, -0.05) is 0 Å². The van der Waals surface area contributed by atoms with Gasteiger partial charge in [0, 0.05) is 25.8 Å². The molecule has 3 rings (SSSR count). The summed E-state index contributed by atoms with van der Waals surface area (Å²) >= 11 is 0. The highest BCUT2D eigenvalue weighted by Crippen LogP contribution is 2.26. The molecule has 5 nitrogen and oxygen atoms in total. The number of rotatable bonds is 1. The third-order valence-electron chi connectivity index (χ3n) is 3.61. The Bertz CT molecular complexity index is 470. The lowest BCUT2D eigenvalue weighted by Crippen LogP contribution is -2.35. The Hall–Kier alpha value is -1.78. The minimum atomic E-state index is 0.0721. The van der Waals surface area contributed by atoms with Gasteiger partial charge in [-0.25, -0.2) is 4.98 Å². The van der Waals surface area contributed by atoms with E-state index in [1.807, 2.05) is 11.0 Å². The van der Waals surface area contributed by atoms with Crippen molar-refractivity contribution < 1.29 is 9.53 Å². The number of likely N-dealkylation sites (tertiary alicyclic amines) is 1. The Morgan fingerprint density at radius 1 is 1.26 bits per heavy atom. The SMILES string of the molecule is O=C(c1cnc2c(c1)OCCCN2)N1CCCCC1. The zero-order chi connectivity index (χ0) is 13.1. The number of aromatic nitrogens is 1. The molecule has 2 aliphatic heterocycles. The number of carbonyl (C=O) groups excluding carboxylic acids is 1. The summed E-state index contributed by atoms with van der Waals surface area (Å²) in [4.78, 5) is 18.6. The molecule has 0 spiro atoms. The molecule has 3 heterocycles. The molecule has 1 aromatic heterocycles. The number of anilines is 1. The molecule has 1 aromatic rings. The summed E-state index contributed by atoms with van der Waals surface area (Å²) < 4.78 is 5.63. The molecule has 0 aromatic carbocycles. The number of hydrogen-bond acceptors (Lipinski definition) is 4. The number of nitrogens with one attached hydrogen (secondary N) is 1. The largest absolute Gasteiger partial charge is 0.490 e. The highest BCUT2D eigenvalue weighted by molar-refractivity contribution is 5.94. The number of pyridine rings is 1. The van der Waals surface area contributed by atoms with E-state index in [1.54, 1.807) is 6.20 Å². The second-order valence-corrected chi connectivity index (χ2v) is 5.05. The Morgan fingerprint density at radius 2 is 2.11 bits per heavy atom. The molecule has 0 bridgehead atoms. The second-order valence-electron chi connectivity index (χ2n) is 5.05. The standard InChI is InChI=1S/C14H19N3O2/c18-14(17-6-2-1-3-7-17)11-9-12-13(16-10-11)15-5-4-8-19-12/h9-10H,1-8H2,(H,15,16). The van der Waals surface area contributed by atoms with Gasteiger partial charge in [-0.05, 0) is 31.7 Å². The van der Waals surface area contributed by atoms with Crippen LogP contribution in [-0.2, 0) is 0 Å². The average Bonchev–Trinajstić information content (AvgIpc) is 2.72. The highest BCUT2D eigenvalue weighted by Gasteiger charge is 2.20. The molecule has 1 fully saturated rings. The van der Waals surface area contributed by atoms with Crippen LogP contribution in [0.25, 0.3) is 0 Å². The topological polar surface area (TPSA) is 54.5 Å². The number of ether oxygens (including phenoxy) is 1. The van der Waals surface area contributed by atoms with Crippen LogP contribution in [0.2, 0.25) is 0 Å². The van der Waals surface area contributed by atoms with Crippen molar-refractivity contribution in [3.05, 3.63) is 17.8 Å². The Balaban J connectivity index is 1.80. The molecule has 0 atom stereocenters. The lowest BCUT2D eigenvalue weighted by atomic mass is 10.1. The van der Waals surface area contributed by atoms with Gasteiger partial charge in [-0.15, -0.1) is 0 Å². The quantitative estimate of drug-likeness (QED) is 0.839. The number of nitrogens with zero attached hydrogens (tertiary/aromatic N) is 2. The molecule has 0 saturated carbocycles. The van der Waals surface area contributed by atoms with Crippen molar-refractivity contribution >= 4 is 11.7 Å². The van der Waals surface area contributed by atoms with Gasteiger partial charge in [0.2, 0.25) is 0 Å². The number of hydrogen-bond donors (Lipinski definition) is 1. The van der Waals surface area contributed by atoms with Crippen molar-refractivity contribution in [1.29, 1.82) is 0 Å². The van der Waals surface area contributed by atoms with Crippen molar-refractivity contribution in [3.63, 3.8) is 0 Å². The summed E-state index contributed by atoms with van der Waals surface area (Å²) in [6.07, 6.45) is 6.02. The van der Waals surface area contributed by atoms with Gasteiger partial charge >= 0.3 is 0 Å². The molecule has 5 heteroatoms. The molecule has 19 heavy (non-hydrogen) atoms. The van der Waals surface area contributed by atoms with Gasteiger partial charge in [-0.2, -0.15) is 0 Å².